The molecule has 1 nitrogen and oxygen atoms in total. The van der Waals surface area contributed by atoms with Crippen LogP contribution in [0.25, 0.3) is 0 Å². The first-order chi connectivity index (χ1) is 6.97. The third-order valence-electron chi connectivity index (χ3n) is 3.94. The third kappa shape index (κ3) is 1.58. The van der Waals surface area contributed by atoms with E-state index in [0.717, 1.165) is 17.0 Å². The molecule has 0 amide bonds. The first-order valence-electron chi connectivity index (χ1n) is 5.51. The molecule has 1 aromatic carbocycles. The quantitative estimate of drug-likeness (QED) is 0.772. The molecule has 1 atom stereocenters. The summed E-state index contributed by atoms with van der Waals surface area (Å²) in [4.78, 5) is 0. The van der Waals surface area contributed by atoms with Gasteiger partial charge in [0.15, 0.2) is 0 Å². The first kappa shape index (κ1) is 11.0. The molecule has 1 aromatic rings. The number of halogens is 1. The van der Waals surface area contributed by atoms with Crippen molar-refractivity contribution in [1.29, 1.82) is 0 Å². The minimum Gasteiger partial charge on any atom is -0.321 e. The predicted octanol–water partition coefficient (Wildman–Crippen LogP) is 3.70. The van der Waals surface area contributed by atoms with Crippen LogP contribution in [0.2, 0.25) is 5.02 Å². The van der Waals surface area contributed by atoms with Crippen molar-refractivity contribution in [3.63, 3.8) is 0 Å². The Morgan fingerprint density at radius 2 is 1.87 bits per heavy atom. The molecular weight excluding hydrogens is 206 g/mol. The van der Waals surface area contributed by atoms with E-state index >= 15 is 0 Å². The van der Waals surface area contributed by atoms with Crippen LogP contribution in [0, 0.1) is 5.41 Å². The molecule has 82 valence electrons. The van der Waals surface area contributed by atoms with E-state index in [9.17, 15) is 0 Å². The lowest BCUT2D eigenvalue weighted by atomic mass is 9.71. The lowest BCUT2D eigenvalue weighted by Gasteiger charge is -2.39. The van der Waals surface area contributed by atoms with Gasteiger partial charge in [-0.25, -0.2) is 0 Å². The van der Waals surface area contributed by atoms with E-state index in [0.29, 0.717) is 0 Å². The van der Waals surface area contributed by atoms with Gasteiger partial charge in [-0.1, -0.05) is 50.1 Å². The molecule has 2 N–H and O–H groups in total. The van der Waals surface area contributed by atoms with Crippen molar-refractivity contribution in [1.82, 2.24) is 0 Å². The fourth-order valence-electron chi connectivity index (χ4n) is 2.69. The molecule has 2 heteroatoms. The number of benzene rings is 1. The van der Waals surface area contributed by atoms with Crippen molar-refractivity contribution in [3.8, 4) is 0 Å². The Labute approximate surface area is 96.6 Å². The lowest BCUT2D eigenvalue weighted by Crippen LogP contribution is -2.45. The lowest BCUT2D eigenvalue weighted by molar-refractivity contribution is 0.210. The molecule has 0 aliphatic heterocycles. The van der Waals surface area contributed by atoms with Crippen LogP contribution in [-0.2, 0) is 5.54 Å². The molecule has 0 heterocycles. The molecule has 1 saturated carbocycles. The smallest absolute Gasteiger partial charge is 0.0476 e. The summed E-state index contributed by atoms with van der Waals surface area (Å²) in [6.45, 7) is 4.48. The Morgan fingerprint density at radius 3 is 2.40 bits per heavy atom. The number of hydrogen-bond donors (Lipinski definition) is 1. The van der Waals surface area contributed by atoms with Gasteiger partial charge < -0.3 is 5.73 Å². The Kier molecular flexibility index (Phi) is 2.56. The standard InChI is InChI=1S/C13H18ClN/c1-12(2)8-5-9-13(12,15)10-6-3-4-7-11(10)14/h3-4,6-7H,5,8-9,15H2,1-2H3. The maximum Gasteiger partial charge on any atom is 0.0476 e. The number of nitrogens with two attached hydrogens (primary N) is 1. The van der Waals surface area contributed by atoms with Crippen molar-refractivity contribution in [2.24, 2.45) is 11.1 Å². The van der Waals surface area contributed by atoms with E-state index in [4.69, 9.17) is 17.3 Å². The van der Waals surface area contributed by atoms with Gasteiger partial charge in [0.2, 0.25) is 0 Å². The van der Waals surface area contributed by atoms with E-state index < -0.39 is 0 Å². The van der Waals surface area contributed by atoms with Gasteiger partial charge >= 0.3 is 0 Å². The highest BCUT2D eigenvalue weighted by Gasteiger charge is 2.47. The van der Waals surface area contributed by atoms with Crippen LogP contribution in [-0.4, -0.2) is 0 Å². The zero-order valence-corrected chi connectivity index (χ0v) is 10.1. The van der Waals surface area contributed by atoms with Gasteiger partial charge in [0.1, 0.15) is 0 Å². The Morgan fingerprint density at radius 1 is 1.20 bits per heavy atom. The normalized spacial score (nSPS) is 29.3. The highest BCUT2D eigenvalue weighted by molar-refractivity contribution is 6.31. The van der Waals surface area contributed by atoms with Crippen LogP contribution in [0.5, 0.6) is 0 Å². The summed E-state index contributed by atoms with van der Waals surface area (Å²) in [6, 6.07) is 7.97. The van der Waals surface area contributed by atoms with E-state index in [1.165, 1.54) is 12.8 Å². The summed E-state index contributed by atoms with van der Waals surface area (Å²) in [5.41, 5.74) is 7.56. The fourth-order valence-corrected chi connectivity index (χ4v) is 3.00. The highest BCUT2D eigenvalue weighted by Crippen LogP contribution is 2.51. The van der Waals surface area contributed by atoms with Crippen LogP contribution in [0.3, 0.4) is 0 Å². The monoisotopic (exact) mass is 223 g/mol. The Bertz CT molecular complexity index is 373. The molecule has 0 bridgehead atoms. The average molecular weight is 224 g/mol. The summed E-state index contributed by atoms with van der Waals surface area (Å²) >= 11 is 6.24. The number of hydrogen-bond acceptors (Lipinski definition) is 1. The highest BCUT2D eigenvalue weighted by atomic mass is 35.5. The summed E-state index contributed by atoms with van der Waals surface area (Å²) in [5.74, 6) is 0. The SMILES string of the molecule is CC1(C)CCCC1(N)c1ccccc1Cl. The van der Waals surface area contributed by atoms with Crippen molar-refractivity contribution in [2.75, 3.05) is 0 Å². The first-order valence-corrected chi connectivity index (χ1v) is 5.89. The van der Waals surface area contributed by atoms with Crippen LogP contribution in [0.1, 0.15) is 38.7 Å². The second-order valence-corrected chi connectivity index (χ2v) is 5.60. The zero-order chi connectivity index (χ0) is 11.1. The van der Waals surface area contributed by atoms with E-state index in [1.807, 2.05) is 18.2 Å². The van der Waals surface area contributed by atoms with E-state index in [1.54, 1.807) is 0 Å². The molecule has 0 spiro atoms. The van der Waals surface area contributed by atoms with Gasteiger partial charge in [0.25, 0.3) is 0 Å². The second-order valence-electron chi connectivity index (χ2n) is 5.19. The predicted molar refractivity (Wildman–Crippen MR) is 64.9 cm³/mol. The van der Waals surface area contributed by atoms with Gasteiger partial charge in [-0.15, -0.1) is 0 Å². The third-order valence-corrected chi connectivity index (χ3v) is 4.26. The minimum absolute atomic E-state index is 0.137. The summed E-state index contributed by atoms with van der Waals surface area (Å²) in [6.07, 6.45) is 3.40. The topological polar surface area (TPSA) is 26.0 Å². The van der Waals surface area contributed by atoms with E-state index in [-0.39, 0.29) is 11.0 Å². The van der Waals surface area contributed by atoms with Crippen molar-refractivity contribution in [2.45, 2.75) is 38.6 Å². The second kappa shape index (κ2) is 3.50. The molecule has 1 aliphatic carbocycles. The maximum absolute atomic E-state index is 6.57. The molecule has 15 heavy (non-hydrogen) atoms. The Hall–Kier alpha value is -0.530. The van der Waals surface area contributed by atoms with Crippen molar-refractivity contribution >= 4 is 11.6 Å². The summed E-state index contributed by atoms with van der Waals surface area (Å²) < 4.78 is 0. The van der Waals surface area contributed by atoms with Gasteiger partial charge in [0.05, 0.1) is 0 Å². The fraction of sp³-hybridized carbons (Fsp3) is 0.538. The maximum atomic E-state index is 6.57. The van der Waals surface area contributed by atoms with Crippen LogP contribution in [0.4, 0.5) is 0 Å². The minimum atomic E-state index is -0.259. The van der Waals surface area contributed by atoms with E-state index in [2.05, 4.69) is 19.9 Å². The van der Waals surface area contributed by atoms with Gasteiger partial charge in [0, 0.05) is 10.6 Å². The summed E-state index contributed by atoms with van der Waals surface area (Å²) in [7, 11) is 0. The molecule has 0 saturated heterocycles. The molecule has 1 fully saturated rings. The Balaban J connectivity index is 2.50. The van der Waals surface area contributed by atoms with Crippen molar-refractivity contribution in [3.05, 3.63) is 34.9 Å². The van der Waals surface area contributed by atoms with Gasteiger partial charge in [-0.05, 0) is 29.9 Å². The van der Waals surface area contributed by atoms with Crippen LogP contribution in [0.15, 0.2) is 24.3 Å². The van der Waals surface area contributed by atoms with Crippen LogP contribution >= 0.6 is 11.6 Å². The average Bonchev–Trinajstić information content (AvgIpc) is 2.43. The zero-order valence-electron chi connectivity index (χ0n) is 9.39. The molecule has 1 unspecified atom stereocenters. The van der Waals surface area contributed by atoms with Crippen LogP contribution < -0.4 is 5.73 Å². The molecule has 2 rings (SSSR count). The van der Waals surface area contributed by atoms with Gasteiger partial charge in [-0.3, -0.25) is 0 Å². The molecule has 1 aliphatic rings. The van der Waals surface area contributed by atoms with Gasteiger partial charge in [-0.2, -0.15) is 0 Å². The van der Waals surface area contributed by atoms with Crippen molar-refractivity contribution < 1.29 is 0 Å². The number of rotatable bonds is 1. The molecule has 0 aromatic heterocycles. The largest absolute Gasteiger partial charge is 0.321 e. The molecular formula is C13H18ClN. The summed E-state index contributed by atoms with van der Waals surface area (Å²) in [5, 5.41) is 0.801. The molecule has 0 radical (unpaired) electrons.